The van der Waals surface area contributed by atoms with Gasteiger partial charge in [-0.1, -0.05) is 19.1 Å². The standard InChI is InChI=1S/C13H19NO2S/c1-2-17(15,16)11-12-6-5-7-13(10-12)14-8-3-4-9-14/h5-7,10H,2-4,8-9,11H2,1H3. The fraction of sp³-hybridized carbons (Fsp3) is 0.538. The van der Waals surface area contributed by atoms with Crippen molar-refractivity contribution < 1.29 is 8.42 Å². The van der Waals surface area contributed by atoms with Gasteiger partial charge in [0.2, 0.25) is 0 Å². The number of benzene rings is 1. The number of anilines is 1. The summed E-state index contributed by atoms with van der Waals surface area (Å²) in [6, 6.07) is 7.92. The van der Waals surface area contributed by atoms with Crippen molar-refractivity contribution in [3.05, 3.63) is 29.8 Å². The van der Waals surface area contributed by atoms with Gasteiger partial charge in [-0.25, -0.2) is 8.42 Å². The molecule has 1 aliphatic heterocycles. The van der Waals surface area contributed by atoms with E-state index < -0.39 is 9.84 Å². The van der Waals surface area contributed by atoms with Crippen LogP contribution in [0, 0.1) is 0 Å². The maximum absolute atomic E-state index is 11.6. The van der Waals surface area contributed by atoms with Crippen LogP contribution in [0.4, 0.5) is 5.69 Å². The molecule has 0 bridgehead atoms. The minimum Gasteiger partial charge on any atom is -0.372 e. The van der Waals surface area contributed by atoms with Crippen molar-refractivity contribution in [1.82, 2.24) is 0 Å². The summed E-state index contributed by atoms with van der Waals surface area (Å²) in [6.07, 6.45) is 2.47. The van der Waals surface area contributed by atoms with Gasteiger partial charge in [0.1, 0.15) is 0 Å². The monoisotopic (exact) mass is 253 g/mol. The average molecular weight is 253 g/mol. The van der Waals surface area contributed by atoms with Crippen LogP contribution in [0.3, 0.4) is 0 Å². The molecule has 1 saturated heterocycles. The molecular weight excluding hydrogens is 234 g/mol. The van der Waals surface area contributed by atoms with Crippen molar-refractivity contribution in [2.45, 2.75) is 25.5 Å². The van der Waals surface area contributed by atoms with E-state index in [4.69, 9.17) is 0 Å². The Hall–Kier alpha value is -1.03. The van der Waals surface area contributed by atoms with Gasteiger partial charge in [-0.2, -0.15) is 0 Å². The molecular formula is C13H19NO2S. The molecule has 0 aliphatic carbocycles. The highest BCUT2D eigenvalue weighted by molar-refractivity contribution is 7.90. The summed E-state index contributed by atoms with van der Waals surface area (Å²) in [6.45, 7) is 3.87. The Balaban J connectivity index is 2.16. The van der Waals surface area contributed by atoms with Crippen LogP contribution in [-0.4, -0.2) is 27.3 Å². The molecule has 94 valence electrons. The molecule has 1 aliphatic rings. The molecule has 3 nitrogen and oxygen atoms in total. The summed E-state index contributed by atoms with van der Waals surface area (Å²) in [5.41, 5.74) is 2.06. The van der Waals surface area contributed by atoms with Crippen molar-refractivity contribution in [2.24, 2.45) is 0 Å². The molecule has 0 spiro atoms. The molecule has 0 atom stereocenters. The summed E-state index contributed by atoms with van der Waals surface area (Å²) in [5.74, 6) is 0.367. The van der Waals surface area contributed by atoms with Crippen LogP contribution in [0.25, 0.3) is 0 Å². The Morgan fingerprint density at radius 3 is 2.59 bits per heavy atom. The number of nitrogens with zero attached hydrogens (tertiary/aromatic N) is 1. The van der Waals surface area contributed by atoms with Gasteiger partial charge < -0.3 is 4.90 Å². The van der Waals surface area contributed by atoms with Gasteiger partial charge in [-0.05, 0) is 30.5 Å². The van der Waals surface area contributed by atoms with Gasteiger partial charge in [0.05, 0.1) is 5.75 Å². The lowest BCUT2D eigenvalue weighted by Crippen LogP contribution is -2.17. The van der Waals surface area contributed by atoms with E-state index in [1.807, 2.05) is 18.2 Å². The molecule has 4 heteroatoms. The summed E-state index contributed by atoms with van der Waals surface area (Å²) in [5, 5.41) is 0. The third kappa shape index (κ3) is 3.22. The van der Waals surface area contributed by atoms with Crippen LogP contribution in [0.1, 0.15) is 25.3 Å². The molecule has 0 radical (unpaired) electrons. The quantitative estimate of drug-likeness (QED) is 0.825. The number of rotatable bonds is 4. The lowest BCUT2D eigenvalue weighted by Gasteiger charge is -2.18. The smallest absolute Gasteiger partial charge is 0.154 e. The molecule has 0 unspecified atom stereocenters. The van der Waals surface area contributed by atoms with Crippen molar-refractivity contribution in [3.8, 4) is 0 Å². The molecule has 1 aromatic rings. The minimum absolute atomic E-state index is 0.158. The highest BCUT2D eigenvalue weighted by atomic mass is 32.2. The lowest BCUT2D eigenvalue weighted by molar-refractivity contribution is 0.596. The van der Waals surface area contributed by atoms with Crippen molar-refractivity contribution >= 4 is 15.5 Å². The molecule has 0 aromatic heterocycles. The first-order valence-electron chi connectivity index (χ1n) is 6.15. The largest absolute Gasteiger partial charge is 0.372 e. The minimum atomic E-state index is -2.93. The van der Waals surface area contributed by atoms with Crippen LogP contribution < -0.4 is 4.90 Å². The number of sulfone groups is 1. The molecule has 17 heavy (non-hydrogen) atoms. The van der Waals surface area contributed by atoms with Gasteiger partial charge in [0.15, 0.2) is 9.84 Å². The first-order valence-corrected chi connectivity index (χ1v) is 7.97. The van der Waals surface area contributed by atoms with E-state index in [1.54, 1.807) is 6.92 Å². The third-order valence-corrected chi connectivity index (χ3v) is 4.86. The molecule has 0 amide bonds. The average Bonchev–Trinajstić information content (AvgIpc) is 2.82. The Kier molecular flexibility index (Phi) is 3.72. The predicted octanol–water partition coefficient (Wildman–Crippen LogP) is 2.22. The van der Waals surface area contributed by atoms with Crippen LogP contribution in [0.5, 0.6) is 0 Å². The highest BCUT2D eigenvalue weighted by Gasteiger charge is 2.14. The molecule has 1 fully saturated rings. The Morgan fingerprint density at radius 1 is 1.24 bits per heavy atom. The van der Waals surface area contributed by atoms with Gasteiger partial charge in [0.25, 0.3) is 0 Å². The molecule has 0 saturated carbocycles. The zero-order valence-corrected chi connectivity index (χ0v) is 11.0. The van der Waals surface area contributed by atoms with E-state index in [-0.39, 0.29) is 11.5 Å². The second-order valence-electron chi connectivity index (χ2n) is 4.54. The van der Waals surface area contributed by atoms with Gasteiger partial charge in [-0.15, -0.1) is 0 Å². The van der Waals surface area contributed by atoms with E-state index in [2.05, 4.69) is 11.0 Å². The van der Waals surface area contributed by atoms with Gasteiger partial charge in [-0.3, -0.25) is 0 Å². The number of hydrogen-bond donors (Lipinski definition) is 0. The second-order valence-corrected chi connectivity index (χ2v) is 6.89. The summed E-state index contributed by atoms with van der Waals surface area (Å²) in [7, 11) is -2.93. The molecule has 1 aromatic carbocycles. The fourth-order valence-electron chi connectivity index (χ4n) is 2.17. The number of hydrogen-bond acceptors (Lipinski definition) is 3. The van der Waals surface area contributed by atoms with Crippen molar-refractivity contribution in [3.63, 3.8) is 0 Å². The third-order valence-electron chi connectivity index (χ3n) is 3.21. The first-order chi connectivity index (χ1) is 8.11. The predicted molar refractivity (Wildman–Crippen MR) is 71.1 cm³/mol. The van der Waals surface area contributed by atoms with Crippen molar-refractivity contribution in [1.29, 1.82) is 0 Å². The van der Waals surface area contributed by atoms with Gasteiger partial charge >= 0.3 is 0 Å². The van der Waals surface area contributed by atoms with Gasteiger partial charge in [0, 0.05) is 24.5 Å². The maximum atomic E-state index is 11.6. The lowest BCUT2D eigenvalue weighted by atomic mass is 10.2. The second kappa shape index (κ2) is 5.08. The summed E-state index contributed by atoms with van der Waals surface area (Å²) in [4.78, 5) is 2.32. The van der Waals surface area contributed by atoms with E-state index in [9.17, 15) is 8.42 Å². The van der Waals surface area contributed by atoms with Crippen molar-refractivity contribution in [2.75, 3.05) is 23.7 Å². The van der Waals surface area contributed by atoms with E-state index in [0.29, 0.717) is 0 Å². The fourth-order valence-corrected chi connectivity index (χ4v) is 3.07. The first kappa shape index (κ1) is 12.4. The van der Waals surface area contributed by atoms with E-state index in [1.165, 1.54) is 12.8 Å². The SMILES string of the molecule is CCS(=O)(=O)Cc1cccc(N2CCCC2)c1. The Bertz CT molecular complexity index is 476. The topological polar surface area (TPSA) is 37.4 Å². The normalized spacial score (nSPS) is 16.4. The summed E-state index contributed by atoms with van der Waals surface area (Å²) >= 11 is 0. The zero-order valence-electron chi connectivity index (χ0n) is 10.2. The molecule has 0 N–H and O–H groups in total. The van der Waals surface area contributed by atoms with Crippen LogP contribution in [-0.2, 0) is 15.6 Å². The molecule has 1 heterocycles. The van der Waals surface area contributed by atoms with Crippen LogP contribution in [0.15, 0.2) is 24.3 Å². The zero-order chi connectivity index (χ0) is 12.3. The van der Waals surface area contributed by atoms with Crippen LogP contribution >= 0.6 is 0 Å². The van der Waals surface area contributed by atoms with E-state index >= 15 is 0 Å². The summed E-state index contributed by atoms with van der Waals surface area (Å²) < 4.78 is 23.2. The Labute approximate surface area is 103 Å². The molecule has 2 rings (SSSR count). The highest BCUT2D eigenvalue weighted by Crippen LogP contribution is 2.22. The van der Waals surface area contributed by atoms with Crippen LogP contribution in [0.2, 0.25) is 0 Å². The maximum Gasteiger partial charge on any atom is 0.154 e. The van der Waals surface area contributed by atoms with E-state index in [0.717, 1.165) is 24.3 Å². The Morgan fingerprint density at radius 2 is 1.94 bits per heavy atom.